The third-order valence-electron chi connectivity index (χ3n) is 5.60. The summed E-state index contributed by atoms with van der Waals surface area (Å²) >= 11 is 0. The highest BCUT2D eigenvalue weighted by molar-refractivity contribution is 5.97. The van der Waals surface area contributed by atoms with E-state index < -0.39 is 0 Å². The van der Waals surface area contributed by atoms with Gasteiger partial charge in [0, 0.05) is 13.1 Å². The van der Waals surface area contributed by atoms with Gasteiger partial charge in [0.25, 0.3) is 0 Å². The Bertz CT molecular complexity index is 464. The van der Waals surface area contributed by atoms with Crippen LogP contribution in [-0.4, -0.2) is 10.8 Å². The number of carbonyl (C=O) groups is 1. The summed E-state index contributed by atoms with van der Waals surface area (Å²) in [4.78, 5) is 14.3. The molecule has 1 aromatic heterocycles. The van der Waals surface area contributed by atoms with Crippen LogP contribution in [0.25, 0.3) is 0 Å². The molecule has 0 aliphatic heterocycles. The Hall–Kier alpha value is -1.05. The highest BCUT2D eigenvalue weighted by Crippen LogP contribution is 2.60. The van der Waals surface area contributed by atoms with Crippen molar-refractivity contribution in [2.24, 2.45) is 17.8 Å². The molecule has 4 saturated carbocycles. The zero-order chi connectivity index (χ0) is 12.3. The van der Waals surface area contributed by atoms with E-state index in [1.807, 2.05) is 12.3 Å². The smallest absolute Gasteiger partial charge is 0.183 e. The van der Waals surface area contributed by atoms with Crippen LogP contribution in [0, 0.1) is 24.7 Å². The van der Waals surface area contributed by atoms with Crippen molar-refractivity contribution >= 4 is 5.78 Å². The predicted octanol–water partition coefficient (Wildman–Crippen LogP) is 3.38. The average molecular weight is 241 g/mol. The molecule has 1 heterocycles. The second-order valence-corrected chi connectivity index (χ2v) is 6.86. The number of H-pyrrole nitrogens is 1. The quantitative estimate of drug-likeness (QED) is 0.791. The summed E-state index contributed by atoms with van der Waals surface area (Å²) in [7, 11) is 0. The van der Waals surface area contributed by atoms with Gasteiger partial charge >= 0.3 is 0 Å². The lowest BCUT2D eigenvalue weighted by atomic mass is 9.48. The summed E-state index contributed by atoms with van der Waals surface area (Å²) in [5.74, 6) is 2.46. The second-order valence-electron chi connectivity index (χ2n) is 6.86. The molecule has 1 N–H and O–H groups in total. The molecule has 0 aromatic carbocycles. The largest absolute Gasteiger partial charge is 0.358 e. The zero-order valence-electron chi connectivity index (χ0n) is 10.6. The van der Waals surface area contributed by atoms with Gasteiger partial charge in [0.15, 0.2) is 5.78 Å². The van der Waals surface area contributed by atoms with Crippen LogP contribution >= 0.6 is 0 Å². The maximum absolute atomic E-state index is 11.2. The molecule has 4 fully saturated rings. The van der Waals surface area contributed by atoms with E-state index in [1.54, 1.807) is 0 Å². The molecule has 2 heteroatoms. The number of nitrogens with one attached hydrogen (secondary N) is 1. The van der Waals surface area contributed by atoms with Crippen molar-refractivity contribution in [3.63, 3.8) is 0 Å². The van der Waals surface area contributed by atoms with E-state index in [0.29, 0.717) is 11.1 Å². The van der Waals surface area contributed by atoms with Crippen LogP contribution < -0.4 is 0 Å². The average Bonchev–Trinajstić information content (AvgIpc) is 2.76. The Morgan fingerprint density at radius 1 is 1.17 bits per heavy atom. The highest BCUT2D eigenvalue weighted by Gasteiger charge is 2.51. The summed E-state index contributed by atoms with van der Waals surface area (Å²) in [5, 5.41) is 0. The Kier molecular flexibility index (Phi) is 2.10. The van der Waals surface area contributed by atoms with Crippen molar-refractivity contribution in [1.82, 2.24) is 4.98 Å². The first-order valence-electron chi connectivity index (χ1n) is 7.13. The van der Waals surface area contributed by atoms with Gasteiger partial charge in [-0.15, -0.1) is 0 Å². The molecule has 4 bridgehead atoms. The number of Topliss-reactive ketones (excluding diaryl/α,β-unsaturated/α-hetero) is 1. The SMILES string of the molecule is [CH]C(=O)c1cc(C23CC4CC(CC(C4)C2)C3)c[nH]1. The van der Waals surface area contributed by atoms with Gasteiger partial charge in [-0.25, -0.2) is 0 Å². The number of aromatic amines is 1. The summed E-state index contributed by atoms with van der Waals surface area (Å²) in [5.41, 5.74) is 2.27. The van der Waals surface area contributed by atoms with Crippen LogP contribution in [0.3, 0.4) is 0 Å². The molecule has 94 valence electrons. The van der Waals surface area contributed by atoms with Crippen LogP contribution in [0.2, 0.25) is 0 Å². The lowest BCUT2D eigenvalue weighted by Crippen LogP contribution is -2.48. The molecular weight excluding hydrogens is 222 g/mol. The monoisotopic (exact) mass is 241 g/mol. The van der Waals surface area contributed by atoms with Gasteiger partial charge in [0.05, 0.1) is 5.69 Å². The standard InChI is InChI=1S/C16H19NO/c1-10(18)15-5-14(9-17-15)16-6-11-2-12(7-16)4-13(3-11)8-16/h1,5,9,11-13,17H,2-4,6-8H2. The molecule has 0 spiro atoms. The molecule has 18 heavy (non-hydrogen) atoms. The van der Waals surface area contributed by atoms with E-state index in [-0.39, 0.29) is 5.78 Å². The van der Waals surface area contributed by atoms with Crippen molar-refractivity contribution in [2.45, 2.75) is 43.9 Å². The summed E-state index contributed by atoms with van der Waals surface area (Å²) in [6.45, 7) is 5.35. The topological polar surface area (TPSA) is 32.9 Å². The minimum absolute atomic E-state index is 0.342. The van der Waals surface area contributed by atoms with E-state index in [0.717, 1.165) is 17.8 Å². The minimum Gasteiger partial charge on any atom is -0.358 e. The minimum atomic E-state index is -0.342. The fourth-order valence-electron chi connectivity index (χ4n) is 5.31. The highest BCUT2D eigenvalue weighted by atomic mass is 16.1. The van der Waals surface area contributed by atoms with Gasteiger partial charge in [-0.1, -0.05) is 0 Å². The predicted molar refractivity (Wildman–Crippen MR) is 69.3 cm³/mol. The number of rotatable bonds is 2. The van der Waals surface area contributed by atoms with Gasteiger partial charge in [-0.2, -0.15) is 0 Å². The van der Waals surface area contributed by atoms with Crippen molar-refractivity contribution < 1.29 is 4.79 Å². The third-order valence-corrected chi connectivity index (χ3v) is 5.60. The van der Waals surface area contributed by atoms with Gasteiger partial charge in [0.2, 0.25) is 0 Å². The van der Waals surface area contributed by atoms with Crippen molar-refractivity contribution in [2.75, 3.05) is 0 Å². The summed E-state index contributed by atoms with van der Waals surface area (Å²) in [6.07, 6.45) is 10.4. The first-order valence-corrected chi connectivity index (χ1v) is 7.13. The normalized spacial score (nSPS) is 41.3. The summed E-state index contributed by atoms with van der Waals surface area (Å²) in [6, 6.07) is 2.01. The van der Waals surface area contributed by atoms with E-state index in [1.165, 1.54) is 44.1 Å². The second kappa shape index (κ2) is 3.49. The Morgan fingerprint density at radius 3 is 2.17 bits per heavy atom. The molecule has 5 rings (SSSR count). The fourth-order valence-corrected chi connectivity index (χ4v) is 5.31. The van der Waals surface area contributed by atoms with Gasteiger partial charge in [-0.05, 0) is 73.3 Å². The molecule has 0 saturated heterocycles. The van der Waals surface area contributed by atoms with Gasteiger partial charge in [-0.3, -0.25) is 4.79 Å². The molecule has 4 aliphatic rings. The van der Waals surface area contributed by atoms with E-state index in [9.17, 15) is 4.79 Å². The maximum atomic E-state index is 11.2. The van der Waals surface area contributed by atoms with Crippen molar-refractivity contribution in [3.05, 3.63) is 30.4 Å². The number of carbonyl (C=O) groups excluding carboxylic acids is 1. The molecule has 2 nitrogen and oxygen atoms in total. The number of aromatic nitrogens is 1. The zero-order valence-corrected chi connectivity index (χ0v) is 10.6. The Labute approximate surface area is 108 Å². The first-order chi connectivity index (χ1) is 8.64. The van der Waals surface area contributed by atoms with E-state index >= 15 is 0 Å². The molecule has 4 aliphatic carbocycles. The Morgan fingerprint density at radius 2 is 1.72 bits per heavy atom. The summed E-state index contributed by atoms with van der Waals surface area (Å²) < 4.78 is 0. The maximum Gasteiger partial charge on any atom is 0.183 e. The number of hydrogen-bond acceptors (Lipinski definition) is 1. The Balaban J connectivity index is 1.72. The van der Waals surface area contributed by atoms with Crippen LogP contribution in [0.15, 0.2) is 12.3 Å². The van der Waals surface area contributed by atoms with Gasteiger partial charge in [0.1, 0.15) is 0 Å². The van der Waals surface area contributed by atoms with Crippen molar-refractivity contribution in [1.29, 1.82) is 0 Å². The van der Waals surface area contributed by atoms with Crippen molar-refractivity contribution in [3.8, 4) is 0 Å². The molecule has 2 radical (unpaired) electrons. The lowest BCUT2D eigenvalue weighted by molar-refractivity contribution is -0.00512. The molecule has 0 atom stereocenters. The van der Waals surface area contributed by atoms with Crippen LogP contribution in [0.4, 0.5) is 0 Å². The first kappa shape index (κ1) is 10.8. The number of hydrogen-bond donors (Lipinski definition) is 1. The van der Waals surface area contributed by atoms with Gasteiger partial charge < -0.3 is 4.98 Å². The lowest BCUT2D eigenvalue weighted by Gasteiger charge is -2.56. The van der Waals surface area contributed by atoms with E-state index in [2.05, 4.69) is 4.98 Å². The third kappa shape index (κ3) is 1.44. The van der Waals surface area contributed by atoms with Crippen LogP contribution in [0.5, 0.6) is 0 Å². The van der Waals surface area contributed by atoms with Crippen LogP contribution in [0.1, 0.15) is 54.6 Å². The fraction of sp³-hybridized carbons (Fsp3) is 0.625. The molecule has 1 aromatic rings. The molecule has 0 unspecified atom stereocenters. The molecular formula is C16H19NO. The molecule has 0 amide bonds. The van der Waals surface area contributed by atoms with E-state index in [4.69, 9.17) is 6.92 Å². The van der Waals surface area contributed by atoms with Crippen LogP contribution in [-0.2, 0) is 5.41 Å². The number of ketones is 1.